The molecule has 0 aliphatic carbocycles. The number of rotatable bonds is 7. The van der Waals surface area contributed by atoms with Crippen LogP contribution in [-0.4, -0.2) is 60.7 Å². The third kappa shape index (κ3) is 4.33. The molecule has 0 aromatic carbocycles. The van der Waals surface area contributed by atoms with Gasteiger partial charge in [0.05, 0.1) is 5.60 Å². The number of ether oxygens (including phenoxy) is 1. The number of nitrogen functional groups attached to an aromatic ring is 1. The van der Waals surface area contributed by atoms with Gasteiger partial charge in [0.25, 0.3) is 5.95 Å². The maximum atomic E-state index is 10.2. The van der Waals surface area contributed by atoms with Crippen LogP contribution in [0.15, 0.2) is 12.7 Å². The molecule has 2 rings (SSSR count). The van der Waals surface area contributed by atoms with Crippen molar-refractivity contribution < 1.29 is 9.84 Å². The molecule has 2 heterocycles. The zero-order valence-electron chi connectivity index (χ0n) is 11.9. The van der Waals surface area contributed by atoms with E-state index >= 15 is 0 Å². The van der Waals surface area contributed by atoms with Crippen LogP contribution in [0, 0.1) is 0 Å². The third-order valence-corrected chi connectivity index (χ3v) is 2.74. The monoisotopic (exact) mass is 294 g/mol. The highest BCUT2D eigenvalue weighted by Gasteiger charge is 2.20. The lowest BCUT2D eigenvalue weighted by molar-refractivity contribution is 0.0356. The van der Waals surface area contributed by atoms with Crippen LogP contribution in [0.1, 0.15) is 13.3 Å². The first-order chi connectivity index (χ1) is 10.00. The van der Waals surface area contributed by atoms with Crippen molar-refractivity contribution in [1.82, 2.24) is 29.7 Å². The van der Waals surface area contributed by atoms with Crippen molar-refractivity contribution in [3.63, 3.8) is 0 Å². The number of aromatic nitrogens is 6. The van der Waals surface area contributed by atoms with Gasteiger partial charge in [0, 0.05) is 26.7 Å². The molecular formula is C11H18N8O2. The van der Waals surface area contributed by atoms with Crippen LogP contribution in [-0.2, 0) is 4.74 Å². The summed E-state index contributed by atoms with van der Waals surface area (Å²) in [5, 5.41) is 17.0. The predicted octanol–water partition coefficient (Wildman–Crippen LogP) is -0.766. The summed E-state index contributed by atoms with van der Waals surface area (Å²) >= 11 is 0. The lowest BCUT2D eigenvalue weighted by Gasteiger charge is -2.23. The molecule has 4 N–H and O–H groups in total. The Hall–Kier alpha value is -2.33. The maximum absolute atomic E-state index is 10.2. The van der Waals surface area contributed by atoms with Gasteiger partial charge in [0.15, 0.2) is 0 Å². The lowest BCUT2D eigenvalue weighted by Crippen LogP contribution is -2.35. The fourth-order valence-electron chi connectivity index (χ4n) is 1.55. The van der Waals surface area contributed by atoms with Crippen LogP contribution in [0.2, 0.25) is 0 Å². The summed E-state index contributed by atoms with van der Waals surface area (Å²) in [5.41, 5.74) is 4.69. The van der Waals surface area contributed by atoms with E-state index in [0.29, 0.717) is 13.0 Å². The Balaban J connectivity index is 2.07. The van der Waals surface area contributed by atoms with E-state index in [1.165, 1.54) is 17.3 Å². The van der Waals surface area contributed by atoms with E-state index in [0.717, 1.165) is 0 Å². The zero-order valence-corrected chi connectivity index (χ0v) is 11.9. The number of anilines is 2. The summed E-state index contributed by atoms with van der Waals surface area (Å²) in [6.45, 7) is 2.40. The molecular weight excluding hydrogens is 276 g/mol. The molecule has 10 nitrogen and oxygen atoms in total. The normalized spacial score (nSPS) is 13.9. The Kier molecular flexibility index (Phi) is 4.60. The molecule has 1 unspecified atom stereocenters. The lowest BCUT2D eigenvalue weighted by atomic mass is 10.0. The summed E-state index contributed by atoms with van der Waals surface area (Å²) in [7, 11) is 1.58. The molecule has 114 valence electrons. The first-order valence-electron chi connectivity index (χ1n) is 6.32. The van der Waals surface area contributed by atoms with E-state index in [2.05, 4.69) is 30.4 Å². The largest absolute Gasteiger partial charge is 0.388 e. The Bertz CT molecular complexity index is 572. The SMILES string of the molecule is COCCC(C)(O)CNc1nc(N)nc(-n2cncn2)n1. The van der Waals surface area contributed by atoms with Gasteiger partial charge in [-0.05, 0) is 6.92 Å². The van der Waals surface area contributed by atoms with E-state index in [1.807, 2.05) is 0 Å². The summed E-state index contributed by atoms with van der Waals surface area (Å²) in [6, 6.07) is 0. The van der Waals surface area contributed by atoms with Crippen molar-refractivity contribution in [3.05, 3.63) is 12.7 Å². The summed E-state index contributed by atoms with van der Waals surface area (Å²) < 4.78 is 6.32. The summed E-state index contributed by atoms with van der Waals surface area (Å²) in [6.07, 6.45) is 3.29. The average molecular weight is 294 g/mol. The number of hydrogen-bond acceptors (Lipinski definition) is 9. The van der Waals surface area contributed by atoms with Gasteiger partial charge in [-0.1, -0.05) is 0 Å². The van der Waals surface area contributed by atoms with Crippen molar-refractivity contribution in [2.75, 3.05) is 31.3 Å². The third-order valence-electron chi connectivity index (χ3n) is 2.74. The average Bonchev–Trinajstić information content (AvgIpc) is 2.97. The molecule has 0 saturated carbocycles. The van der Waals surface area contributed by atoms with Gasteiger partial charge in [0.2, 0.25) is 11.9 Å². The Morgan fingerprint density at radius 2 is 2.24 bits per heavy atom. The quantitative estimate of drug-likeness (QED) is 0.601. The van der Waals surface area contributed by atoms with E-state index < -0.39 is 5.60 Å². The van der Waals surface area contributed by atoms with Crippen molar-refractivity contribution in [2.24, 2.45) is 0 Å². The number of nitrogens with one attached hydrogen (secondary N) is 1. The molecule has 0 spiro atoms. The Labute approximate surface area is 121 Å². The molecule has 0 bridgehead atoms. The molecule has 2 aromatic heterocycles. The van der Waals surface area contributed by atoms with E-state index in [9.17, 15) is 5.11 Å². The smallest absolute Gasteiger partial charge is 0.258 e. The van der Waals surface area contributed by atoms with Gasteiger partial charge in [-0.15, -0.1) is 0 Å². The van der Waals surface area contributed by atoms with Crippen LogP contribution in [0.4, 0.5) is 11.9 Å². The Morgan fingerprint density at radius 3 is 2.90 bits per heavy atom. The molecule has 0 amide bonds. The van der Waals surface area contributed by atoms with Crippen LogP contribution in [0.3, 0.4) is 0 Å². The second kappa shape index (κ2) is 6.41. The van der Waals surface area contributed by atoms with Crippen molar-refractivity contribution >= 4 is 11.9 Å². The number of nitrogens with zero attached hydrogens (tertiary/aromatic N) is 6. The van der Waals surface area contributed by atoms with Crippen molar-refractivity contribution in [1.29, 1.82) is 0 Å². The molecule has 2 aromatic rings. The van der Waals surface area contributed by atoms with Gasteiger partial charge >= 0.3 is 0 Å². The van der Waals surface area contributed by atoms with Gasteiger partial charge in [-0.25, -0.2) is 4.98 Å². The van der Waals surface area contributed by atoms with Crippen molar-refractivity contribution in [2.45, 2.75) is 18.9 Å². The highest BCUT2D eigenvalue weighted by atomic mass is 16.5. The van der Waals surface area contributed by atoms with E-state index in [-0.39, 0.29) is 24.4 Å². The maximum Gasteiger partial charge on any atom is 0.258 e. The topological polar surface area (TPSA) is 137 Å². The van der Waals surface area contributed by atoms with E-state index in [4.69, 9.17) is 10.5 Å². The first kappa shape index (κ1) is 15.1. The molecule has 0 saturated heterocycles. The highest BCUT2D eigenvalue weighted by molar-refractivity contribution is 5.34. The van der Waals surface area contributed by atoms with Crippen LogP contribution < -0.4 is 11.1 Å². The molecule has 10 heteroatoms. The molecule has 21 heavy (non-hydrogen) atoms. The van der Waals surface area contributed by atoms with Gasteiger partial charge in [0.1, 0.15) is 12.7 Å². The second-order valence-corrected chi connectivity index (χ2v) is 4.75. The number of methoxy groups -OCH3 is 1. The fraction of sp³-hybridized carbons (Fsp3) is 0.545. The van der Waals surface area contributed by atoms with E-state index in [1.54, 1.807) is 14.0 Å². The first-order valence-corrected chi connectivity index (χ1v) is 6.32. The van der Waals surface area contributed by atoms with Crippen LogP contribution in [0.25, 0.3) is 5.95 Å². The predicted molar refractivity (Wildman–Crippen MR) is 74.8 cm³/mol. The minimum atomic E-state index is -0.954. The highest BCUT2D eigenvalue weighted by Crippen LogP contribution is 2.11. The number of nitrogens with two attached hydrogens (primary N) is 1. The molecule has 0 aliphatic rings. The Morgan fingerprint density at radius 1 is 1.43 bits per heavy atom. The van der Waals surface area contributed by atoms with Gasteiger partial charge in [-0.2, -0.15) is 24.7 Å². The molecule has 0 radical (unpaired) electrons. The number of aliphatic hydroxyl groups is 1. The zero-order chi connectivity index (χ0) is 15.3. The fourth-order valence-corrected chi connectivity index (χ4v) is 1.55. The van der Waals surface area contributed by atoms with Gasteiger partial charge in [-0.3, -0.25) is 0 Å². The molecule has 1 atom stereocenters. The minimum absolute atomic E-state index is 0.0505. The molecule has 0 aliphatic heterocycles. The summed E-state index contributed by atoms with van der Waals surface area (Å²) in [5.74, 6) is 0.555. The van der Waals surface area contributed by atoms with Gasteiger partial charge < -0.3 is 20.9 Å². The van der Waals surface area contributed by atoms with Crippen LogP contribution in [0.5, 0.6) is 0 Å². The standard InChI is InChI=1S/C11H18N8O2/c1-11(20,3-4-21-2)5-14-9-16-8(12)17-10(18-9)19-7-13-6-15-19/h6-7,20H,3-5H2,1-2H3,(H3,12,14,16,17,18). The molecule has 0 fully saturated rings. The van der Waals surface area contributed by atoms with Crippen molar-refractivity contribution in [3.8, 4) is 5.95 Å². The minimum Gasteiger partial charge on any atom is -0.388 e. The van der Waals surface area contributed by atoms with Crippen LogP contribution >= 0.6 is 0 Å². The number of hydrogen-bond donors (Lipinski definition) is 3. The second-order valence-electron chi connectivity index (χ2n) is 4.75. The summed E-state index contributed by atoms with van der Waals surface area (Å²) in [4.78, 5) is 15.9.